The highest BCUT2D eigenvalue weighted by Gasteiger charge is 2.14. The van der Waals surface area contributed by atoms with Crippen molar-refractivity contribution in [1.29, 1.82) is 0 Å². The number of pyridine rings is 2. The fraction of sp³-hybridized carbons (Fsp3) is 0.571. The Morgan fingerprint density at radius 3 is 1.21 bits per heavy atom. The van der Waals surface area contributed by atoms with Crippen LogP contribution < -0.4 is 9.47 Å². The van der Waals surface area contributed by atoms with Crippen LogP contribution in [0.25, 0.3) is 21.8 Å². The van der Waals surface area contributed by atoms with Crippen LogP contribution >= 0.6 is 0 Å². The number of aryl methyl sites for hydroxylation is 2. The van der Waals surface area contributed by atoms with E-state index in [9.17, 15) is 0 Å². The lowest BCUT2D eigenvalue weighted by atomic mass is 10.1. The lowest BCUT2D eigenvalue weighted by Gasteiger charge is -2.14. The zero-order chi connectivity index (χ0) is 27.0. The van der Waals surface area contributed by atoms with Crippen LogP contribution in [0.15, 0.2) is 24.3 Å². The summed E-state index contributed by atoms with van der Waals surface area (Å²) >= 11 is 0. The number of nitrogens with zero attached hydrogens (tertiary/aromatic N) is 2. The first-order valence-corrected chi connectivity index (χ1v) is 12.9. The topological polar surface area (TPSA) is 99.6 Å². The molecule has 38 heavy (non-hydrogen) atoms. The third kappa shape index (κ3) is 9.61. The largest absolute Gasteiger partial charge is 0.490 e. The molecule has 0 saturated carbocycles. The van der Waals surface area contributed by atoms with E-state index in [-0.39, 0.29) is 0 Å². The van der Waals surface area contributed by atoms with Gasteiger partial charge >= 0.3 is 0 Å². The first-order valence-electron chi connectivity index (χ1n) is 12.9. The Balaban J connectivity index is 1.59. The SMILES string of the molecule is COCCOCCOCCOc1cc(C)nc2c1ccc1c(OCCOCCOCCOC)cc(C)nc12. The van der Waals surface area contributed by atoms with Gasteiger partial charge in [-0.05, 0) is 26.0 Å². The molecule has 0 unspecified atom stereocenters. The van der Waals surface area contributed by atoms with Crippen LogP contribution in [0, 0.1) is 13.8 Å². The maximum absolute atomic E-state index is 6.07. The normalized spacial score (nSPS) is 11.5. The molecule has 0 saturated heterocycles. The van der Waals surface area contributed by atoms with Gasteiger partial charge in [0.25, 0.3) is 0 Å². The van der Waals surface area contributed by atoms with Gasteiger partial charge in [-0.1, -0.05) is 0 Å². The Hall–Kier alpha value is -2.60. The van der Waals surface area contributed by atoms with Crippen molar-refractivity contribution in [3.05, 3.63) is 35.7 Å². The zero-order valence-electron chi connectivity index (χ0n) is 23.0. The van der Waals surface area contributed by atoms with Crippen molar-refractivity contribution >= 4 is 21.8 Å². The molecule has 2 aromatic heterocycles. The number of benzene rings is 1. The lowest BCUT2D eigenvalue weighted by Crippen LogP contribution is -2.12. The molecule has 210 valence electrons. The van der Waals surface area contributed by atoms with Gasteiger partial charge in [-0.25, -0.2) is 0 Å². The Bertz CT molecular complexity index is 1020. The van der Waals surface area contributed by atoms with Gasteiger partial charge in [-0.3, -0.25) is 9.97 Å². The molecular weight excluding hydrogens is 492 g/mol. The van der Waals surface area contributed by atoms with Crippen LogP contribution in [0.5, 0.6) is 11.5 Å². The molecule has 3 rings (SSSR count). The summed E-state index contributed by atoms with van der Waals surface area (Å²) in [5, 5.41) is 1.79. The van der Waals surface area contributed by atoms with Crippen LogP contribution in [0.3, 0.4) is 0 Å². The summed E-state index contributed by atoms with van der Waals surface area (Å²) in [4.78, 5) is 9.58. The molecule has 3 aromatic rings. The lowest BCUT2D eigenvalue weighted by molar-refractivity contribution is 0.0180. The minimum absolute atomic E-state index is 0.418. The van der Waals surface area contributed by atoms with Crippen molar-refractivity contribution in [2.45, 2.75) is 13.8 Å². The quantitative estimate of drug-likeness (QED) is 0.159. The summed E-state index contributed by atoms with van der Waals surface area (Å²) in [6.45, 7) is 9.99. The average Bonchev–Trinajstić information content (AvgIpc) is 2.91. The van der Waals surface area contributed by atoms with Crippen molar-refractivity contribution in [3.8, 4) is 11.5 Å². The second-order valence-corrected chi connectivity index (χ2v) is 8.51. The van der Waals surface area contributed by atoms with Gasteiger partial charge in [-0.15, -0.1) is 0 Å². The monoisotopic (exact) mass is 532 g/mol. The van der Waals surface area contributed by atoms with E-state index in [2.05, 4.69) is 0 Å². The third-order valence-corrected chi connectivity index (χ3v) is 5.52. The van der Waals surface area contributed by atoms with Gasteiger partial charge in [0.15, 0.2) is 0 Å². The second-order valence-electron chi connectivity index (χ2n) is 8.51. The van der Waals surface area contributed by atoms with E-state index < -0.39 is 0 Å². The molecule has 10 nitrogen and oxygen atoms in total. The Labute approximate surface area is 224 Å². The van der Waals surface area contributed by atoms with Crippen molar-refractivity contribution < 1.29 is 37.9 Å². The summed E-state index contributed by atoms with van der Waals surface area (Å²) in [6, 6.07) is 7.88. The molecule has 0 N–H and O–H groups in total. The van der Waals surface area contributed by atoms with E-state index in [0.29, 0.717) is 79.3 Å². The Morgan fingerprint density at radius 1 is 0.500 bits per heavy atom. The number of fused-ring (bicyclic) bond motifs is 3. The van der Waals surface area contributed by atoms with Crippen LogP contribution in [0.4, 0.5) is 0 Å². The van der Waals surface area contributed by atoms with E-state index in [4.69, 9.17) is 47.9 Å². The fourth-order valence-corrected chi connectivity index (χ4v) is 3.74. The van der Waals surface area contributed by atoms with Crippen LogP contribution in [0.2, 0.25) is 0 Å². The van der Waals surface area contributed by atoms with Crippen LogP contribution in [-0.4, -0.2) is 103 Å². The molecule has 0 atom stereocenters. The summed E-state index contributed by atoms with van der Waals surface area (Å²) in [5.41, 5.74) is 3.25. The summed E-state index contributed by atoms with van der Waals surface area (Å²) in [6.07, 6.45) is 0. The van der Waals surface area contributed by atoms with E-state index in [1.54, 1.807) is 14.2 Å². The van der Waals surface area contributed by atoms with Crippen LogP contribution in [-0.2, 0) is 28.4 Å². The highest BCUT2D eigenvalue weighted by molar-refractivity contribution is 6.07. The molecule has 0 amide bonds. The number of hydrogen-bond donors (Lipinski definition) is 0. The first kappa shape index (κ1) is 29.9. The van der Waals surface area contributed by atoms with Gasteiger partial charge in [-0.2, -0.15) is 0 Å². The highest BCUT2D eigenvalue weighted by atomic mass is 16.6. The summed E-state index contributed by atoms with van der Waals surface area (Å²) < 4.78 is 44.0. The number of methoxy groups -OCH3 is 2. The summed E-state index contributed by atoms with van der Waals surface area (Å²) in [5.74, 6) is 1.50. The number of rotatable bonds is 20. The standard InChI is InChI=1S/C28H40N2O8/c1-21-19-25(37-17-15-35-13-11-33-9-7-31-3)23-5-6-24-26(20-22(2)30-28(24)27(23)29-21)38-18-16-36-14-12-34-10-8-32-4/h5-6,19-20H,7-18H2,1-4H3. The van der Waals surface area contributed by atoms with Crippen molar-refractivity contribution in [3.63, 3.8) is 0 Å². The zero-order valence-corrected chi connectivity index (χ0v) is 23.0. The van der Waals surface area contributed by atoms with E-state index in [1.807, 2.05) is 38.1 Å². The van der Waals surface area contributed by atoms with Crippen LogP contribution in [0.1, 0.15) is 11.4 Å². The maximum atomic E-state index is 6.07. The van der Waals surface area contributed by atoms with Gasteiger partial charge in [0.1, 0.15) is 35.7 Å². The molecule has 1 aromatic carbocycles. The van der Waals surface area contributed by atoms with Gasteiger partial charge in [0.2, 0.25) is 0 Å². The van der Waals surface area contributed by atoms with E-state index >= 15 is 0 Å². The van der Waals surface area contributed by atoms with E-state index in [1.165, 1.54) is 0 Å². The van der Waals surface area contributed by atoms with Crippen molar-refractivity contribution in [2.24, 2.45) is 0 Å². The second kappa shape index (κ2) is 17.1. The van der Waals surface area contributed by atoms with Gasteiger partial charge in [0, 0.05) is 48.5 Å². The molecule has 0 aliphatic rings. The minimum Gasteiger partial charge on any atom is -0.490 e. The molecule has 0 aliphatic carbocycles. The smallest absolute Gasteiger partial charge is 0.130 e. The number of ether oxygens (including phenoxy) is 8. The Morgan fingerprint density at radius 2 is 0.842 bits per heavy atom. The predicted octanol–water partition coefficient (Wildman–Crippen LogP) is 3.52. The Kier molecular flexibility index (Phi) is 13.5. The molecule has 2 heterocycles. The average molecular weight is 533 g/mol. The summed E-state index contributed by atoms with van der Waals surface area (Å²) in [7, 11) is 3.30. The molecule has 10 heteroatoms. The number of hydrogen-bond acceptors (Lipinski definition) is 10. The molecule has 0 fully saturated rings. The first-order chi connectivity index (χ1) is 18.6. The van der Waals surface area contributed by atoms with Crippen molar-refractivity contribution in [2.75, 3.05) is 93.5 Å². The maximum Gasteiger partial charge on any atom is 0.130 e. The fourth-order valence-electron chi connectivity index (χ4n) is 3.74. The predicted molar refractivity (Wildman–Crippen MR) is 145 cm³/mol. The molecule has 0 aliphatic heterocycles. The third-order valence-electron chi connectivity index (χ3n) is 5.52. The minimum atomic E-state index is 0.418. The molecule has 0 radical (unpaired) electrons. The number of aromatic nitrogens is 2. The molecular formula is C28H40N2O8. The van der Waals surface area contributed by atoms with Gasteiger partial charge < -0.3 is 37.9 Å². The van der Waals surface area contributed by atoms with E-state index in [0.717, 1.165) is 44.7 Å². The van der Waals surface area contributed by atoms with Crippen molar-refractivity contribution in [1.82, 2.24) is 9.97 Å². The van der Waals surface area contributed by atoms with Gasteiger partial charge in [0.05, 0.1) is 66.1 Å². The molecule has 0 bridgehead atoms. The molecule has 0 spiro atoms. The highest BCUT2D eigenvalue weighted by Crippen LogP contribution is 2.34.